The Balaban J connectivity index is 2.92. The third-order valence-corrected chi connectivity index (χ3v) is 2.37. The molecule has 0 spiro atoms. The van der Waals surface area contributed by atoms with Gasteiger partial charge in [-0.2, -0.15) is 5.26 Å². The van der Waals surface area contributed by atoms with Crippen molar-refractivity contribution in [3.8, 4) is 6.07 Å². The van der Waals surface area contributed by atoms with Crippen molar-refractivity contribution in [1.82, 2.24) is 9.80 Å². The third-order valence-electron chi connectivity index (χ3n) is 2.37. The zero-order chi connectivity index (χ0) is 13.7. The van der Waals surface area contributed by atoms with Crippen LogP contribution in [0, 0.1) is 17.1 Å². The Labute approximate surface area is 107 Å². The number of nitrogens with zero attached hydrogens (tertiary/aromatic N) is 4. The summed E-state index contributed by atoms with van der Waals surface area (Å²) in [6, 6.07) is 6.33. The van der Waals surface area contributed by atoms with Gasteiger partial charge in [0.15, 0.2) is 5.96 Å². The molecule has 0 atom stereocenters. The Morgan fingerprint density at radius 3 is 2.33 bits per heavy atom. The second-order valence-corrected chi connectivity index (χ2v) is 4.32. The van der Waals surface area contributed by atoms with Crippen LogP contribution in [0.2, 0.25) is 0 Å². The molecule has 0 fully saturated rings. The Bertz CT molecular complexity index is 476. The molecule has 1 aromatic carbocycles. The first-order valence-corrected chi connectivity index (χ1v) is 5.53. The molecule has 0 aliphatic rings. The fraction of sp³-hybridized carbons (Fsp3) is 0.385. The van der Waals surface area contributed by atoms with E-state index >= 15 is 0 Å². The average molecular weight is 248 g/mol. The average Bonchev–Trinajstić information content (AvgIpc) is 2.30. The van der Waals surface area contributed by atoms with Gasteiger partial charge in [0, 0.05) is 33.8 Å². The van der Waals surface area contributed by atoms with Crippen LogP contribution in [0.3, 0.4) is 0 Å². The van der Waals surface area contributed by atoms with E-state index in [0.717, 1.165) is 5.96 Å². The van der Waals surface area contributed by atoms with Crippen molar-refractivity contribution in [2.75, 3.05) is 28.2 Å². The molecule has 1 aromatic rings. The van der Waals surface area contributed by atoms with Crippen LogP contribution in [0.1, 0.15) is 11.1 Å². The summed E-state index contributed by atoms with van der Waals surface area (Å²) in [5.41, 5.74) is 0.802. The van der Waals surface area contributed by atoms with Crippen molar-refractivity contribution in [1.29, 1.82) is 5.26 Å². The van der Waals surface area contributed by atoms with Gasteiger partial charge >= 0.3 is 0 Å². The largest absolute Gasteiger partial charge is 0.349 e. The quantitative estimate of drug-likeness (QED) is 0.590. The standard InChI is InChI=1S/C13H17FN4/c1-17(2)13(18(3)4)16-9-11-6-5-10(8-15)7-12(11)14/h5-7H,9H2,1-4H3. The van der Waals surface area contributed by atoms with Gasteiger partial charge in [-0.05, 0) is 12.1 Å². The highest BCUT2D eigenvalue weighted by Crippen LogP contribution is 2.11. The number of nitriles is 1. The minimum absolute atomic E-state index is 0.253. The van der Waals surface area contributed by atoms with Gasteiger partial charge in [-0.25, -0.2) is 9.38 Å². The van der Waals surface area contributed by atoms with Crippen LogP contribution >= 0.6 is 0 Å². The summed E-state index contributed by atoms with van der Waals surface area (Å²) in [5.74, 6) is 0.369. The first-order valence-electron chi connectivity index (χ1n) is 5.53. The molecule has 18 heavy (non-hydrogen) atoms. The molecule has 0 heterocycles. The van der Waals surface area contributed by atoms with Crippen molar-refractivity contribution < 1.29 is 4.39 Å². The summed E-state index contributed by atoms with van der Waals surface area (Å²) in [7, 11) is 7.53. The van der Waals surface area contributed by atoms with Crippen LogP contribution in [-0.2, 0) is 6.54 Å². The molecule has 0 aliphatic carbocycles. The third kappa shape index (κ3) is 3.45. The van der Waals surface area contributed by atoms with Gasteiger partial charge < -0.3 is 9.80 Å². The summed E-state index contributed by atoms with van der Waals surface area (Å²) >= 11 is 0. The number of hydrogen-bond donors (Lipinski definition) is 0. The molecule has 0 aromatic heterocycles. The molecule has 0 saturated heterocycles. The van der Waals surface area contributed by atoms with Crippen LogP contribution in [0.25, 0.3) is 0 Å². The highest BCUT2D eigenvalue weighted by Gasteiger charge is 2.06. The van der Waals surface area contributed by atoms with Crippen molar-refractivity contribution >= 4 is 5.96 Å². The van der Waals surface area contributed by atoms with Crippen LogP contribution in [-0.4, -0.2) is 44.0 Å². The van der Waals surface area contributed by atoms with E-state index in [4.69, 9.17) is 5.26 Å². The SMILES string of the molecule is CN(C)C(=NCc1ccc(C#N)cc1F)N(C)C. The van der Waals surface area contributed by atoms with E-state index in [2.05, 4.69) is 4.99 Å². The number of hydrogen-bond acceptors (Lipinski definition) is 2. The molecule has 0 bridgehead atoms. The Morgan fingerprint density at radius 1 is 1.28 bits per heavy atom. The normalized spacial score (nSPS) is 9.56. The number of rotatable bonds is 2. The van der Waals surface area contributed by atoms with E-state index in [9.17, 15) is 4.39 Å². The van der Waals surface area contributed by atoms with E-state index in [0.29, 0.717) is 11.1 Å². The molecule has 0 saturated carbocycles. The maximum Gasteiger partial charge on any atom is 0.195 e. The molecule has 0 unspecified atom stereocenters. The van der Waals surface area contributed by atoms with Gasteiger partial charge in [-0.1, -0.05) is 6.07 Å². The highest BCUT2D eigenvalue weighted by molar-refractivity contribution is 5.79. The maximum absolute atomic E-state index is 13.6. The van der Waals surface area contributed by atoms with Gasteiger partial charge in [0.2, 0.25) is 0 Å². The topological polar surface area (TPSA) is 42.6 Å². The van der Waals surface area contributed by atoms with E-state index in [1.54, 1.807) is 12.1 Å². The molecule has 1 rings (SSSR count). The predicted octanol–water partition coefficient (Wildman–Crippen LogP) is 1.68. The second-order valence-electron chi connectivity index (χ2n) is 4.32. The molecule has 4 nitrogen and oxygen atoms in total. The zero-order valence-electron chi connectivity index (χ0n) is 11.1. The Kier molecular flexibility index (Phi) is 4.67. The van der Waals surface area contributed by atoms with Crippen LogP contribution < -0.4 is 0 Å². The minimum Gasteiger partial charge on any atom is -0.349 e. The molecular weight excluding hydrogens is 231 g/mol. The summed E-state index contributed by atoms with van der Waals surface area (Å²) in [6.45, 7) is 0.253. The van der Waals surface area contributed by atoms with Gasteiger partial charge in [0.1, 0.15) is 5.82 Å². The van der Waals surface area contributed by atoms with Crippen LogP contribution in [0.5, 0.6) is 0 Å². The van der Waals surface area contributed by atoms with Crippen molar-refractivity contribution in [2.24, 2.45) is 4.99 Å². The number of halogens is 1. The van der Waals surface area contributed by atoms with E-state index in [1.165, 1.54) is 6.07 Å². The summed E-state index contributed by atoms with van der Waals surface area (Å²) in [6.07, 6.45) is 0. The molecular formula is C13H17FN4. The number of benzene rings is 1. The first kappa shape index (κ1) is 14.0. The van der Waals surface area contributed by atoms with Crippen molar-refractivity contribution in [2.45, 2.75) is 6.54 Å². The Hall–Kier alpha value is -2.09. The number of aliphatic imine (C=N–C) groups is 1. The van der Waals surface area contributed by atoms with Gasteiger partial charge in [-0.3, -0.25) is 0 Å². The monoisotopic (exact) mass is 248 g/mol. The lowest BCUT2D eigenvalue weighted by Gasteiger charge is -2.22. The second kappa shape index (κ2) is 6.01. The Morgan fingerprint density at radius 2 is 1.89 bits per heavy atom. The van der Waals surface area contributed by atoms with E-state index < -0.39 is 5.82 Å². The lowest BCUT2D eigenvalue weighted by atomic mass is 10.1. The molecule has 0 amide bonds. The lowest BCUT2D eigenvalue weighted by Crippen LogP contribution is -2.35. The van der Waals surface area contributed by atoms with Crippen LogP contribution in [0.15, 0.2) is 23.2 Å². The lowest BCUT2D eigenvalue weighted by molar-refractivity contribution is 0.478. The predicted molar refractivity (Wildman–Crippen MR) is 69.6 cm³/mol. The molecule has 0 aliphatic heterocycles. The molecule has 5 heteroatoms. The van der Waals surface area contributed by atoms with Crippen molar-refractivity contribution in [3.63, 3.8) is 0 Å². The summed E-state index contributed by atoms with van der Waals surface area (Å²) in [5, 5.41) is 8.66. The maximum atomic E-state index is 13.6. The summed E-state index contributed by atoms with van der Waals surface area (Å²) < 4.78 is 13.6. The number of guanidine groups is 1. The van der Waals surface area contributed by atoms with Gasteiger partial charge in [0.25, 0.3) is 0 Å². The molecule has 0 N–H and O–H groups in total. The summed E-state index contributed by atoms with van der Waals surface area (Å²) in [4.78, 5) is 8.08. The smallest absolute Gasteiger partial charge is 0.195 e. The van der Waals surface area contributed by atoms with Gasteiger partial charge in [-0.15, -0.1) is 0 Å². The van der Waals surface area contributed by atoms with Crippen molar-refractivity contribution in [3.05, 3.63) is 35.1 Å². The molecule has 0 radical (unpaired) electrons. The zero-order valence-corrected chi connectivity index (χ0v) is 11.1. The van der Waals surface area contributed by atoms with E-state index in [-0.39, 0.29) is 6.54 Å². The highest BCUT2D eigenvalue weighted by atomic mass is 19.1. The molecule has 96 valence electrons. The fourth-order valence-corrected chi connectivity index (χ4v) is 1.58. The van der Waals surface area contributed by atoms with Crippen LogP contribution in [0.4, 0.5) is 4.39 Å². The van der Waals surface area contributed by atoms with Gasteiger partial charge in [0.05, 0.1) is 18.2 Å². The van der Waals surface area contributed by atoms with E-state index in [1.807, 2.05) is 44.1 Å². The fourth-order valence-electron chi connectivity index (χ4n) is 1.58. The minimum atomic E-state index is -0.394. The first-order chi connectivity index (χ1) is 8.45.